The Kier molecular flexibility index (Phi) is 2.54. The molecule has 0 unspecified atom stereocenters. The molecule has 1 aromatic carbocycles. The third-order valence-electron chi connectivity index (χ3n) is 1.99. The molecule has 62 valence electrons. The highest BCUT2D eigenvalue weighted by Gasteiger charge is 2.07. The minimum absolute atomic E-state index is 0.785. The summed E-state index contributed by atoms with van der Waals surface area (Å²) in [6.45, 7) is 5.96. The van der Waals surface area contributed by atoms with Gasteiger partial charge in [-0.1, -0.05) is 22.0 Å². The maximum absolute atomic E-state index is 8.84. The van der Waals surface area contributed by atoms with E-state index in [2.05, 4.69) is 22.0 Å². The first-order chi connectivity index (χ1) is 5.57. The van der Waals surface area contributed by atoms with E-state index in [-0.39, 0.29) is 0 Å². The van der Waals surface area contributed by atoms with Crippen molar-refractivity contribution in [2.45, 2.75) is 20.8 Å². The second kappa shape index (κ2) is 3.28. The molecule has 1 aromatic rings. The summed E-state index contributed by atoms with van der Waals surface area (Å²) >= 11 is 3.45. The summed E-state index contributed by atoms with van der Waals surface area (Å²) in [6.07, 6.45) is 0. The number of hydrogen-bond donors (Lipinski definition) is 0. The van der Waals surface area contributed by atoms with E-state index in [1.807, 2.05) is 26.8 Å². The van der Waals surface area contributed by atoms with Crippen molar-refractivity contribution in [1.82, 2.24) is 0 Å². The van der Waals surface area contributed by atoms with Gasteiger partial charge in [0, 0.05) is 4.47 Å². The lowest BCUT2D eigenvalue weighted by molar-refractivity contribution is 1.25. The van der Waals surface area contributed by atoms with E-state index in [0.717, 1.165) is 21.2 Å². The second-order valence-electron chi connectivity index (χ2n) is 2.94. The Balaban J connectivity index is 3.54. The van der Waals surface area contributed by atoms with E-state index in [4.69, 9.17) is 5.26 Å². The van der Waals surface area contributed by atoms with Gasteiger partial charge in [0.15, 0.2) is 0 Å². The molecule has 0 saturated heterocycles. The Morgan fingerprint density at radius 3 is 2.33 bits per heavy atom. The highest BCUT2D eigenvalue weighted by molar-refractivity contribution is 9.10. The zero-order valence-electron chi connectivity index (χ0n) is 7.40. The SMILES string of the molecule is Cc1cc(C)c(C#N)c(C)c1Br. The van der Waals surface area contributed by atoms with Gasteiger partial charge in [0.2, 0.25) is 0 Å². The molecule has 0 bridgehead atoms. The zero-order valence-corrected chi connectivity index (χ0v) is 8.99. The van der Waals surface area contributed by atoms with Gasteiger partial charge in [-0.05, 0) is 37.5 Å². The van der Waals surface area contributed by atoms with Crippen LogP contribution in [-0.2, 0) is 0 Å². The normalized spacial score (nSPS) is 9.58. The van der Waals surface area contributed by atoms with Crippen LogP contribution in [0.3, 0.4) is 0 Å². The number of rotatable bonds is 0. The van der Waals surface area contributed by atoms with Crippen molar-refractivity contribution in [1.29, 1.82) is 5.26 Å². The lowest BCUT2D eigenvalue weighted by Crippen LogP contribution is -1.91. The average molecular weight is 224 g/mol. The Morgan fingerprint density at radius 2 is 1.83 bits per heavy atom. The molecule has 2 heteroatoms. The van der Waals surface area contributed by atoms with Crippen molar-refractivity contribution in [2.24, 2.45) is 0 Å². The van der Waals surface area contributed by atoms with Crippen molar-refractivity contribution in [3.8, 4) is 6.07 Å². The molecule has 0 spiro atoms. The van der Waals surface area contributed by atoms with Crippen LogP contribution in [0.4, 0.5) is 0 Å². The number of nitrogens with zero attached hydrogens (tertiary/aromatic N) is 1. The van der Waals surface area contributed by atoms with Gasteiger partial charge in [-0.25, -0.2) is 0 Å². The first-order valence-electron chi connectivity index (χ1n) is 3.74. The summed E-state index contributed by atoms with van der Waals surface area (Å²) < 4.78 is 1.05. The smallest absolute Gasteiger partial charge is 0.0997 e. The molecule has 1 nitrogen and oxygen atoms in total. The van der Waals surface area contributed by atoms with Crippen LogP contribution in [0.2, 0.25) is 0 Å². The van der Waals surface area contributed by atoms with Crippen molar-refractivity contribution in [3.63, 3.8) is 0 Å². The molecule has 0 N–H and O–H groups in total. The summed E-state index contributed by atoms with van der Waals surface area (Å²) in [6, 6.07) is 4.23. The Bertz CT molecular complexity index is 361. The number of benzene rings is 1. The molecule has 0 fully saturated rings. The molecule has 0 amide bonds. The summed E-state index contributed by atoms with van der Waals surface area (Å²) in [7, 11) is 0. The number of nitriles is 1. The quantitative estimate of drug-likeness (QED) is 0.663. The fraction of sp³-hybridized carbons (Fsp3) is 0.300. The van der Waals surface area contributed by atoms with Crippen molar-refractivity contribution < 1.29 is 0 Å². The first-order valence-corrected chi connectivity index (χ1v) is 4.53. The predicted octanol–water partition coefficient (Wildman–Crippen LogP) is 3.25. The minimum atomic E-state index is 0.785. The van der Waals surface area contributed by atoms with Crippen LogP contribution >= 0.6 is 15.9 Å². The number of halogens is 1. The van der Waals surface area contributed by atoms with Crippen LogP contribution in [-0.4, -0.2) is 0 Å². The lowest BCUT2D eigenvalue weighted by atomic mass is 10.0. The van der Waals surface area contributed by atoms with E-state index < -0.39 is 0 Å². The molecule has 1 rings (SSSR count). The Labute approximate surface area is 81.2 Å². The fourth-order valence-corrected chi connectivity index (χ4v) is 1.65. The average Bonchev–Trinajstić information content (AvgIpc) is 2.01. The van der Waals surface area contributed by atoms with Gasteiger partial charge >= 0.3 is 0 Å². The summed E-state index contributed by atoms with van der Waals surface area (Å²) in [5.41, 5.74) is 4.06. The van der Waals surface area contributed by atoms with Gasteiger partial charge in [-0.15, -0.1) is 0 Å². The second-order valence-corrected chi connectivity index (χ2v) is 3.73. The molecular formula is C10H10BrN. The lowest BCUT2D eigenvalue weighted by Gasteiger charge is -2.07. The van der Waals surface area contributed by atoms with Crippen LogP contribution in [0.15, 0.2) is 10.5 Å². The molecule has 12 heavy (non-hydrogen) atoms. The van der Waals surface area contributed by atoms with Crippen molar-refractivity contribution in [2.75, 3.05) is 0 Å². The molecule has 0 saturated carbocycles. The number of hydrogen-bond acceptors (Lipinski definition) is 1. The summed E-state index contributed by atoms with van der Waals surface area (Å²) in [5, 5.41) is 8.84. The van der Waals surface area contributed by atoms with E-state index in [1.165, 1.54) is 5.56 Å². The maximum atomic E-state index is 8.84. The zero-order chi connectivity index (χ0) is 9.30. The van der Waals surface area contributed by atoms with Gasteiger partial charge in [0.25, 0.3) is 0 Å². The predicted molar refractivity (Wildman–Crippen MR) is 53.1 cm³/mol. The molecular weight excluding hydrogens is 214 g/mol. The van der Waals surface area contributed by atoms with Crippen LogP contribution < -0.4 is 0 Å². The van der Waals surface area contributed by atoms with Gasteiger partial charge in [-0.3, -0.25) is 0 Å². The van der Waals surface area contributed by atoms with Crippen LogP contribution in [0.5, 0.6) is 0 Å². The number of aryl methyl sites for hydroxylation is 2. The van der Waals surface area contributed by atoms with Crippen LogP contribution in [0, 0.1) is 32.1 Å². The fourth-order valence-electron chi connectivity index (χ4n) is 1.33. The maximum Gasteiger partial charge on any atom is 0.0997 e. The third-order valence-corrected chi connectivity index (χ3v) is 3.21. The van der Waals surface area contributed by atoms with Gasteiger partial charge in [-0.2, -0.15) is 5.26 Å². The summed E-state index contributed by atoms with van der Waals surface area (Å²) in [5.74, 6) is 0. The Hall–Kier alpha value is -0.810. The molecule has 0 atom stereocenters. The highest BCUT2D eigenvalue weighted by Crippen LogP contribution is 2.26. The van der Waals surface area contributed by atoms with E-state index in [1.54, 1.807) is 0 Å². The standard InChI is InChI=1S/C10H10BrN/c1-6-4-7(2)10(11)8(3)9(6)5-12/h4H,1-3H3. The molecule has 0 aliphatic rings. The molecule has 0 radical (unpaired) electrons. The highest BCUT2D eigenvalue weighted by atomic mass is 79.9. The molecule has 0 aliphatic heterocycles. The molecule has 0 aromatic heterocycles. The molecule has 0 aliphatic carbocycles. The topological polar surface area (TPSA) is 23.8 Å². The van der Waals surface area contributed by atoms with Crippen molar-refractivity contribution >= 4 is 15.9 Å². The van der Waals surface area contributed by atoms with Gasteiger partial charge in [0.05, 0.1) is 11.6 Å². The van der Waals surface area contributed by atoms with E-state index >= 15 is 0 Å². The first kappa shape index (κ1) is 9.28. The van der Waals surface area contributed by atoms with Gasteiger partial charge < -0.3 is 0 Å². The Morgan fingerprint density at radius 1 is 1.25 bits per heavy atom. The van der Waals surface area contributed by atoms with Crippen LogP contribution in [0.1, 0.15) is 22.3 Å². The minimum Gasteiger partial charge on any atom is -0.192 e. The largest absolute Gasteiger partial charge is 0.192 e. The van der Waals surface area contributed by atoms with Crippen LogP contribution in [0.25, 0.3) is 0 Å². The van der Waals surface area contributed by atoms with E-state index in [0.29, 0.717) is 0 Å². The third kappa shape index (κ3) is 1.37. The van der Waals surface area contributed by atoms with E-state index in [9.17, 15) is 0 Å². The molecule has 0 heterocycles. The summed E-state index contributed by atoms with van der Waals surface area (Å²) in [4.78, 5) is 0. The monoisotopic (exact) mass is 223 g/mol. The van der Waals surface area contributed by atoms with Crippen molar-refractivity contribution in [3.05, 3.63) is 32.8 Å². The van der Waals surface area contributed by atoms with Gasteiger partial charge in [0.1, 0.15) is 0 Å².